The molecule has 0 fully saturated rings. The molecule has 0 aliphatic heterocycles. The maximum Gasteiger partial charge on any atom is 0.195 e. The maximum atomic E-state index is 12.9. The Labute approximate surface area is 125 Å². The van der Waals surface area contributed by atoms with Crippen LogP contribution in [0.15, 0.2) is 24.3 Å². The molecule has 2 heteroatoms. The average Bonchev–Trinajstić information content (AvgIpc) is 2.40. The van der Waals surface area contributed by atoms with Crippen LogP contribution in [0, 0.1) is 34.6 Å². The number of hydrogen-bond acceptors (Lipinski definition) is 1. The van der Waals surface area contributed by atoms with Crippen LogP contribution < -0.4 is 0 Å². The Balaban J connectivity index is 2.69. The summed E-state index contributed by atoms with van der Waals surface area (Å²) in [7, 11) is 0. The zero-order valence-electron chi connectivity index (χ0n) is 12.6. The standard InChI is InChI=1S/C18H19ClO/c1-10-7-6-8-15(17(10)19)18(20)16-13(4)11(2)9-12(3)14(16)5/h6-9H,1-5H3. The molecule has 2 aromatic carbocycles. The molecule has 0 aliphatic carbocycles. The van der Waals surface area contributed by atoms with Gasteiger partial charge >= 0.3 is 0 Å². The number of halogens is 1. The van der Waals surface area contributed by atoms with E-state index >= 15 is 0 Å². The summed E-state index contributed by atoms with van der Waals surface area (Å²) in [6.07, 6.45) is 0. The van der Waals surface area contributed by atoms with E-state index in [1.165, 1.54) is 0 Å². The minimum atomic E-state index is 0.0144. The zero-order valence-corrected chi connectivity index (χ0v) is 13.4. The third-order valence-electron chi connectivity index (χ3n) is 4.03. The van der Waals surface area contributed by atoms with Gasteiger partial charge in [0.05, 0.1) is 5.02 Å². The van der Waals surface area contributed by atoms with Gasteiger partial charge in [0.1, 0.15) is 0 Å². The van der Waals surface area contributed by atoms with Gasteiger partial charge in [-0.15, -0.1) is 0 Å². The van der Waals surface area contributed by atoms with Gasteiger partial charge < -0.3 is 0 Å². The van der Waals surface area contributed by atoms with Crippen LogP contribution in [0.2, 0.25) is 5.02 Å². The number of hydrogen-bond donors (Lipinski definition) is 0. The van der Waals surface area contributed by atoms with Gasteiger partial charge in [-0.25, -0.2) is 0 Å². The average molecular weight is 287 g/mol. The van der Waals surface area contributed by atoms with Crippen molar-refractivity contribution in [3.8, 4) is 0 Å². The molecule has 0 N–H and O–H groups in total. The fraction of sp³-hybridized carbons (Fsp3) is 0.278. The van der Waals surface area contributed by atoms with Crippen LogP contribution in [-0.2, 0) is 0 Å². The van der Waals surface area contributed by atoms with Gasteiger partial charge in [-0.1, -0.05) is 29.8 Å². The number of rotatable bonds is 2. The topological polar surface area (TPSA) is 17.1 Å². The van der Waals surface area contributed by atoms with E-state index < -0.39 is 0 Å². The predicted molar refractivity (Wildman–Crippen MR) is 85.0 cm³/mol. The molecule has 0 saturated heterocycles. The molecule has 0 heterocycles. The van der Waals surface area contributed by atoms with Crippen LogP contribution in [-0.4, -0.2) is 5.78 Å². The fourth-order valence-electron chi connectivity index (χ4n) is 2.51. The minimum absolute atomic E-state index is 0.0144. The van der Waals surface area contributed by atoms with Crippen LogP contribution in [0.25, 0.3) is 0 Å². The minimum Gasteiger partial charge on any atom is -0.289 e. The van der Waals surface area contributed by atoms with Crippen molar-refractivity contribution in [1.82, 2.24) is 0 Å². The molecule has 0 atom stereocenters. The molecule has 2 rings (SSSR count). The van der Waals surface area contributed by atoms with E-state index in [1.807, 2.05) is 46.8 Å². The highest BCUT2D eigenvalue weighted by Crippen LogP contribution is 2.28. The van der Waals surface area contributed by atoms with E-state index in [9.17, 15) is 4.79 Å². The summed E-state index contributed by atoms with van der Waals surface area (Å²) in [5.41, 5.74) is 6.65. The smallest absolute Gasteiger partial charge is 0.195 e. The summed E-state index contributed by atoms with van der Waals surface area (Å²) in [5, 5.41) is 0.551. The second-order valence-corrected chi connectivity index (χ2v) is 5.78. The van der Waals surface area contributed by atoms with Crippen molar-refractivity contribution < 1.29 is 4.79 Å². The van der Waals surface area contributed by atoms with Crippen LogP contribution in [0.4, 0.5) is 0 Å². The highest BCUT2D eigenvalue weighted by molar-refractivity contribution is 6.35. The van der Waals surface area contributed by atoms with Gasteiger partial charge in [-0.3, -0.25) is 4.79 Å². The van der Waals surface area contributed by atoms with Crippen LogP contribution in [0.3, 0.4) is 0 Å². The largest absolute Gasteiger partial charge is 0.289 e. The van der Waals surface area contributed by atoms with Crippen molar-refractivity contribution in [3.05, 3.63) is 68.2 Å². The summed E-state index contributed by atoms with van der Waals surface area (Å²) in [4.78, 5) is 12.9. The van der Waals surface area contributed by atoms with E-state index in [2.05, 4.69) is 6.07 Å². The Hall–Kier alpha value is -1.60. The van der Waals surface area contributed by atoms with E-state index in [1.54, 1.807) is 6.07 Å². The van der Waals surface area contributed by atoms with E-state index in [0.29, 0.717) is 10.6 Å². The molecular weight excluding hydrogens is 268 g/mol. The lowest BCUT2D eigenvalue weighted by molar-refractivity contribution is 0.103. The summed E-state index contributed by atoms with van der Waals surface area (Å²) in [5.74, 6) is 0.0144. The number of ketones is 1. The summed E-state index contributed by atoms with van der Waals surface area (Å²) in [6.45, 7) is 9.99. The monoisotopic (exact) mass is 286 g/mol. The first-order valence-corrected chi connectivity index (χ1v) is 7.09. The van der Waals surface area contributed by atoms with E-state index in [-0.39, 0.29) is 5.78 Å². The van der Waals surface area contributed by atoms with Crippen molar-refractivity contribution in [3.63, 3.8) is 0 Å². The van der Waals surface area contributed by atoms with E-state index in [0.717, 1.165) is 33.4 Å². The Morgan fingerprint density at radius 3 is 2.00 bits per heavy atom. The third-order valence-corrected chi connectivity index (χ3v) is 4.53. The van der Waals surface area contributed by atoms with Gasteiger partial charge in [-0.05, 0) is 68.5 Å². The molecule has 0 aromatic heterocycles. The molecule has 104 valence electrons. The van der Waals surface area contributed by atoms with Gasteiger partial charge in [0, 0.05) is 11.1 Å². The van der Waals surface area contributed by atoms with Gasteiger partial charge in [0.25, 0.3) is 0 Å². The molecule has 2 aromatic rings. The maximum absolute atomic E-state index is 12.9. The third kappa shape index (κ3) is 2.38. The van der Waals surface area contributed by atoms with Crippen LogP contribution in [0.1, 0.15) is 43.7 Å². The second-order valence-electron chi connectivity index (χ2n) is 5.40. The first-order chi connectivity index (χ1) is 9.34. The second kappa shape index (κ2) is 5.41. The van der Waals surface area contributed by atoms with Crippen molar-refractivity contribution in [2.75, 3.05) is 0 Å². The predicted octanol–water partition coefficient (Wildman–Crippen LogP) is 5.11. The lowest BCUT2D eigenvalue weighted by Gasteiger charge is -2.15. The zero-order chi connectivity index (χ0) is 15.0. The molecule has 0 unspecified atom stereocenters. The lowest BCUT2D eigenvalue weighted by Crippen LogP contribution is -2.10. The molecule has 0 saturated carbocycles. The van der Waals surface area contributed by atoms with Crippen molar-refractivity contribution in [1.29, 1.82) is 0 Å². The lowest BCUT2D eigenvalue weighted by atomic mass is 9.89. The van der Waals surface area contributed by atoms with Gasteiger partial charge in [-0.2, -0.15) is 0 Å². The first-order valence-electron chi connectivity index (χ1n) is 6.71. The molecule has 0 amide bonds. The van der Waals surface area contributed by atoms with Gasteiger partial charge in [0.15, 0.2) is 5.78 Å². The van der Waals surface area contributed by atoms with Crippen molar-refractivity contribution in [2.24, 2.45) is 0 Å². The Bertz CT molecular complexity index is 673. The Morgan fingerprint density at radius 1 is 0.900 bits per heavy atom. The molecule has 0 bridgehead atoms. The van der Waals surface area contributed by atoms with E-state index in [4.69, 9.17) is 11.6 Å². The molecule has 0 aliphatic rings. The SMILES string of the molecule is Cc1cc(C)c(C)c(C(=O)c2cccc(C)c2Cl)c1C. The quantitative estimate of drug-likeness (QED) is 0.701. The summed E-state index contributed by atoms with van der Waals surface area (Å²) in [6, 6.07) is 7.72. The van der Waals surface area contributed by atoms with Crippen molar-refractivity contribution in [2.45, 2.75) is 34.6 Å². The molecule has 0 radical (unpaired) electrons. The van der Waals surface area contributed by atoms with Gasteiger partial charge in [0.2, 0.25) is 0 Å². The first kappa shape index (κ1) is 14.8. The highest BCUT2D eigenvalue weighted by atomic mass is 35.5. The number of carbonyl (C=O) groups excluding carboxylic acids is 1. The Morgan fingerprint density at radius 2 is 1.45 bits per heavy atom. The molecule has 20 heavy (non-hydrogen) atoms. The number of carbonyl (C=O) groups is 1. The summed E-state index contributed by atoms with van der Waals surface area (Å²) < 4.78 is 0. The summed E-state index contributed by atoms with van der Waals surface area (Å²) >= 11 is 6.30. The van der Waals surface area contributed by atoms with Crippen molar-refractivity contribution >= 4 is 17.4 Å². The Kier molecular flexibility index (Phi) is 4.01. The fourth-order valence-corrected chi connectivity index (χ4v) is 2.73. The highest BCUT2D eigenvalue weighted by Gasteiger charge is 2.20. The van der Waals surface area contributed by atoms with Crippen LogP contribution in [0.5, 0.6) is 0 Å². The molecular formula is C18H19ClO. The molecule has 0 spiro atoms. The van der Waals surface area contributed by atoms with Crippen LogP contribution >= 0.6 is 11.6 Å². The number of benzene rings is 2. The normalized spacial score (nSPS) is 10.7. The number of aryl methyl sites for hydroxylation is 3. The molecule has 1 nitrogen and oxygen atoms in total.